The van der Waals surface area contributed by atoms with Crippen LogP contribution < -0.4 is 9.80 Å². The molecule has 0 radical (unpaired) electrons. The maximum absolute atomic E-state index is 2.54. The summed E-state index contributed by atoms with van der Waals surface area (Å²) in [6.07, 6.45) is 0. The number of nitrogens with zero attached hydrogens (tertiary/aromatic N) is 4. The molecule has 0 atom stereocenters. The summed E-state index contributed by atoms with van der Waals surface area (Å²) in [4.78, 5) is 4.91. The first-order valence-electron chi connectivity index (χ1n) is 22.4. The summed E-state index contributed by atoms with van der Waals surface area (Å²) in [6, 6.07) is 64.1. The lowest BCUT2D eigenvalue weighted by molar-refractivity contribution is 1.26. The number of aryl methyl sites for hydroxylation is 6. The van der Waals surface area contributed by atoms with Gasteiger partial charge in [0.2, 0.25) is 0 Å². The molecule has 64 heavy (non-hydrogen) atoms. The average molecular weight is 823 g/mol. The molecule has 9 aromatic carbocycles. The zero-order valence-electron chi connectivity index (χ0n) is 37.0. The van der Waals surface area contributed by atoms with Crippen molar-refractivity contribution in [3.05, 3.63) is 203 Å². The predicted octanol–water partition coefficient (Wildman–Crippen LogP) is 16.8. The molecule has 13 aromatic rings. The van der Waals surface area contributed by atoms with Gasteiger partial charge in [-0.15, -0.1) is 0 Å². The van der Waals surface area contributed by atoms with Crippen LogP contribution in [0.15, 0.2) is 170 Å². The topological polar surface area (TPSA) is 15.3 Å². The summed E-state index contributed by atoms with van der Waals surface area (Å²) < 4.78 is 5.09. The van der Waals surface area contributed by atoms with Crippen LogP contribution in [-0.4, -0.2) is 8.80 Å². The normalized spacial score (nSPS) is 12.2. The molecule has 0 saturated heterocycles. The van der Waals surface area contributed by atoms with Crippen LogP contribution in [0.2, 0.25) is 0 Å². The molecule has 0 N–H and O–H groups in total. The quantitative estimate of drug-likeness (QED) is 0.166. The minimum Gasteiger partial charge on any atom is -0.310 e. The third-order valence-corrected chi connectivity index (χ3v) is 13.8. The minimum atomic E-state index is 1.15. The van der Waals surface area contributed by atoms with Crippen molar-refractivity contribution in [1.82, 2.24) is 8.80 Å². The van der Waals surface area contributed by atoms with Gasteiger partial charge in [0.1, 0.15) is 0 Å². The van der Waals surface area contributed by atoms with E-state index in [0.29, 0.717) is 0 Å². The highest BCUT2D eigenvalue weighted by atomic mass is 15.2. The van der Waals surface area contributed by atoms with Gasteiger partial charge in [0.15, 0.2) is 0 Å². The minimum absolute atomic E-state index is 1.15. The Labute approximate surface area is 372 Å². The highest BCUT2D eigenvalue weighted by Gasteiger charge is 2.27. The molecule has 0 amide bonds. The first kappa shape index (κ1) is 36.8. The Kier molecular flexibility index (Phi) is 7.67. The van der Waals surface area contributed by atoms with Gasteiger partial charge in [0.05, 0.1) is 44.5 Å². The van der Waals surface area contributed by atoms with E-state index in [1.165, 1.54) is 132 Å². The molecule has 0 aliphatic heterocycles. The Bertz CT molecular complexity index is 3710. The second-order valence-corrected chi connectivity index (χ2v) is 18.3. The first-order chi connectivity index (χ1) is 31.2. The van der Waals surface area contributed by atoms with E-state index >= 15 is 0 Å². The SMILES string of the molecule is Cc1ccc(N(c2cc(C)cc(C)c2)c2cccc3c2c2cccc4c5cc6c(cc5n3c42)c2cccc3c4c(N(c5ccc(C)cc5)c5cc(C)cc(C)c5)cccc4n6c23)cc1. The number of hydrogen-bond donors (Lipinski definition) is 0. The summed E-state index contributed by atoms with van der Waals surface area (Å²) in [5.41, 5.74) is 22.0. The lowest BCUT2D eigenvalue weighted by atomic mass is 10.0. The third kappa shape index (κ3) is 5.17. The van der Waals surface area contributed by atoms with Gasteiger partial charge < -0.3 is 18.6 Å². The Morgan fingerprint density at radius 1 is 0.281 bits per heavy atom. The van der Waals surface area contributed by atoms with E-state index in [4.69, 9.17) is 0 Å². The molecule has 0 fully saturated rings. The van der Waals surface area contributed by atoms with E-state index in [0.717, 1.165) is 11.4 Å². The van der Waals surface area contributed by atoms with Gasteiger partial charge in [-0.25, -0.2) is 0 Å². The molecule has 0 unspecified atom stereocenters. The second-order valence-electron chi connectivity index (χ2n) is 18.3. The average Bonchev–Trinajstić information content (AvgIpc) is 4.01. The summed E-state index contributed by atoms with van der Waals surface area (Å²) in [5.74, 6) is 0. The Morgan fingerprint density at radius 3 is 1.03 bits per heavy atom. The van der Waals surface area contributed by atoms with Crippen molar-refractivity contribution >= 4 is 110 Å². The van der Waals surface area contributed by atoms with Crippen molar-refractivity contribution in [2.45, 2.75) is 41.5 Å². The van der Waals surface area contributed by atoms with Gasteiger partial charge in [0.25, 0.3) is 0 Å². The molecular formula is C60H46N4. The number of fused-ring (bicyclic) bond motifs is 12. The predicted molar refractivity (Wildman–Crippen MR) is 274 cm³/mol. The maximum atomic E-state index is 2.54. The van der Waals surface area contributed by atoms with Crippen molar-refractivity contribution in [3.63, 3.8) is 0 Å². The van der Waals surface area contributed by atoms with Crippen LogP contribution in [0, 0.1) is 41.5 Å². The van der Waals surface area contributed by atoms with Crippen molar-refractivity contribution < 1.29 is 0 Å². The fraction of sp³-hybridized carbons (Fsp3) is 0.100. The smallest absolute Gasteiger partial charge is 0.0621 e. The molecule has 0 aliphatic rings. The van der Waals surface area contributed by atoms with Crippen molar-refractivity contribution in [1.29, 1.82) is 0 Å². The fourth-order valence-corrected chi connectivity index (χ4v) is 11.3. The first-order valence-corrected chi connectivity index (χ1v) is 22.4. The van der Waals surface area contributed by atoms with Crippen LogP contribution in [0.4, 0.5) is 34.1 Å². The number of benzene rings is 9. The number of aromatic nitrogens is 2. The molecule has 0 bridgehead atoms. The van der Waals surface area contributed by atoms with E-state index in [1.807, 2.05) is 0 Å². The molecule has 0 spiro atoms. The van der Waals surface area contributed by atoms with E-state index in [9.17, 15) is 0 Å². The second kappa shape index (κ2) is 13.3. The van der Waals surface area contributed by atoms with Crippen LogP contribution in [0.1, 0.15) is 33.4 Å². The maximum Gasteiger partial charge on any atom is 0.0621 e. The van der Waals surface area contributed by atoms with Crippen molar-refractivity contribution in [2.75, 3.05) is 9.80 Å². The van der Waals surface area contributed by atoms with Gasteiger partial charge in [-0.3, -0.25) is 0 Å². The molecule has 4 aromatic heterocycles. The lowest BCUT2D eigenvalue weighted by Crippen LogP contribution is -2.11. The highest BCUT2D eigenvalue weighted by molar-refractivity contribution is 6.31. The molecule has 306 valence electrons. The standard InChI is InChI=1S/C60H46N4/c1-35-19-23-41(24-20-35)61(43-29-37(3)27-38(4)30-43)51-15-9-17-53-57(51)47-13-7-11-45-49-34-56-50(33-55(49)63(53)59(45)47)46-12-8-14-48-58-52(16-10-18-54(58)64(56)60(46)48)62(42-25-21-36(2)22-26-42)44-31-39(5)28-40(6)32-44/h7-34H,1-6H3. The molecule has 0 saturated carbocycles. The summed E-state index contributed by atoms with van der Waals surface area (Å²) in [5, 5.41) is 10.1. The van der Waals surface area contributed by atoms with E-state index in [2.05, 4.69) is 230 Å². The van der Waals surface area contributed by atoms with Crippen LogP contribution in [0.25, 0.3) is 76.2 Å². The monoisotopic (exact) mass is 822 g/mol. The fourth-order valence-electron chi connectivity index (χ4n) is 11.3. The zero-order valence-corrected chi connectivity index (χ0v) is 37.0. The zero-order chi connectivity index (χ0) is 43.1. The molecule has 13 rings (SSSR count). The van der Waals surface area contributed by atoms with Crippen LogP contribution in [0.5, 0.6) is 0 Å². The molecule has 4 heteroatoms. The van der Waals surface area contributed by atoms with E-state index in [1.54, 1.807) is 0 Å². The summed E-state index contributed by atoms with van der Waals surface area (Å²) in [6.45, 7) is 13.1. The van der Waals surface area contributed by atoms with Gasteiger partial charge in [-0.1, -0.05) is 96.1 Å². The molecule has 4 heterocycles. The number of para-hydroxylation sites is 2. The Morgan fingerprint density at radius 2 is 0.641 bits per heavy atom. The highest BCUT2D eigenvalue weighted by Crippen LogP contribution is 2.50. The van der Waals surface area contributed by atoms with Gasteiger partial charge in [-0.2, -0.15) is 0 Å². The third-order valence-electron chi connectivity index (χ3n) is 13.8. The lowest BCUT2D eigenvalue weighted by Gasteiger charge is -2.27. The number of rotatable bonds is 6. The van der Waals surface area contributed by atoms with Crippen LogP contribution in [0.3, 0.4) is 0 Å². The number of hydrogen-bond acceptors (Lipinski definition) is 2. The van der Waals surface area contributed by atoms with Gasteiger partial charge in [-0.05, 0) is 149 Å². The molecule has 0 aliphatic carbocycles. The van der Waals surface area contributed by atoms with E-state index in [-0.39, 0.29) is 0 Å². The summed E-state index contributed by atoms with van der Waals surface area (Å²) >= 11 is 0. The molecular weight excluding hydrogens is 777 g/mol. The largest absolute Gasteiger partial charge is 0.310 e. The van der Waals surface area contributed by atoms with Gasteiger partial charge >= 0.3 is 0 Å². The van der Waals surface area contributed by atoms with E-state index < -0.39 is 0 Å². The number of anilines is 6. The Balaban J connectivity index is 1.09. The van der Waals surface area contributed by atoms with Gasteiger partial charge in [0, 0.05) is 65.8 Å². The Hall–Kier alpha value is -7.82. The molecule has 4 nitrogen and oxygen atoms in total. The van der Waals surface area contributed by atoms with Crippen LogP contribution in [-0.2, 0) is 0 Å². The van der Waals surface area contributed by atoms with Crippen molar-refractivity contribution in [3.8, 4) is 0 Å². The van der Waals surface area contributed by atoms with Crippen LogP contribution >= 0.6 is 0 Å². The summed E-state index contributed by atoms with van der Waals surface area (Å²) in [7, 11) is 0. The van der Waals surface area contributed by atoms with Crippen molar-refractivity contribution in [2.24, 2.45) is 0 Å².